The van der Waals surface area contributed by atoms with Crippen LogP contribution in [0.5, 0.6) is 0 Å². The highest BCUT2D eigenvalue weighted by atomic mass is 16.5. The highest BCUT2D eigenvalue weighted by Gasteiger charge is 2.63. The van der Waals surface area contributed by atoms with E-state index in [0.717, 1.165) is 24.7 Å². The van der Waals surface area contributed by atoms with E-state index in [4.69, 9.17) is 4.74 Å². The van der Waals surface area contributed by atoms with Crippen molar-refractivity contribution in [1.29, 1.82) is 0 Å². The van der Waals surface area contributed by atoms with Crippen LogP contribution in [0.1, 0.15) is 113 Å². The van der Waals surface area contributed by atoms with E-state index in [-0.39, 0.29) is 10.8 Å². The van der Waals surface area contributed by atoms with Gasteiger partial charge in [-0.2, -0.15) is 0 Å². The van der Waals surface area contributed by atoms with Gasteiger partial charge in [-0.15, -0.1) is 0 Å². The second kappa shape index (κ2) is 7.44. The Morgan fingerprint density at radius 2 is 1.55 bits per heavy atom. The van der Waals surface area contributed by atoms with Gasteiger partial charge in [-0.25, -0.2) is 0 Å². The van der Waals surface area contributed by atoms with Crippen molar-refractivity contribution in [2.45, 2.75) is 119 Å². The number of carbonyl (C=O) groups is 1. The van der Waals surface area contributed by atoms with Crippen molar-refractivity contribution >= 4 is 5.78 Å². The first-order valence-corrected chi connectivity index (χ1v) is 14.1. The fourth-order valence-electron chi connectivity index (χ4n) is 11.2. The normalized spacial score (nSPS) is 50.7. The summed E-state index contributed by atoms with van der Waals surface area (Å²) in [6.07, 6.45) is 15.3. The molecule has 4 saturated carbocycles. The fourth-order valence-corrected chi connectivity index (χ4v) is 11.2. The molecule has 5 rings (SSSR count). The minimum Gasteiger partial charge on any atom is -0.381 e. The SMILES string of the molecule is CO[C@@H]1CC[C@]2(C)[C@H]3CC[C@H]4[C@@](C)(CC[C@H]5C(C)(C)C(=O)CC[C@@]54C)CC3=CC[C@H]2C1(C)C. The average Bonchev–Trinajstić information content (AvgIpc) is 2.88. The predicted octanol–water partition coefficient (Wildman–Crippen LogP) is 8.00. The van der Waals surface area contributed by atoms with Crippen molar-refractivity contribution in [3.8, 4) is 0 Å². The molecule has 8 atom stereocenters. The first-order valence-electron chi connectivity index (χ1n) is 14.1. The predicted molar refractivity (Wildman–Crippen MR) is 136 cm³/mol. The number of hydrogen-bond donors (Lipinski definition) is 0. The van der Waals surface area contributed by atoms with E-state index >= 15 is 0 Å². The molecule has 0 aromatic rings. The lowest BCUT2D eigenvalue weighted by Gasteiger charge is -2.62. The van der Waals surface area contributed by atoms with Crippen LogP contribution in [0.3, 0.4) is 0 Å². The molecule has 0 spiro atoms. The van der Waals surface area contributed by atoms with Crippen molar-refractivity contribution in [2.75, 3.05) is 7.11 Å². The van der Waals surface area contributed by atoms with Gasteiger partial charge in [0.15, 0.2) is 0 Å². The Morgan fingerprint density at radius 3 is 2.24 bits per heavy atom. The minimum absolute atomic E-state index is 0.147. The van der Waals surface area contributed by atoms with Gasteiger partial charge in [-0.1, -0.05) is 60.1 Å². The first kappa shape index (κ1) is 24.1. The number of methoxy groups -OCH3 is 1. The molecule has 4 fully saturated rings. The van der Waals surface area contributed by atoms with E-state index in [1.54, 1.807) is 5.57 Å². The largest absolute Gasteiger partial charge is 0.381 e. The van der Waals surface area contributed by atoms with Gasteiger partial charge in [-0.05, 0) is 103 Å². The third kappa shape index (κ3) is 3.17. The molecular weight excluding hydrogens is 404 g/mol. The lowest BCUT2D eigenvalue weighted by molar-refractivity contribution is -0.159. The quantitative estimate of drug-likeness (QED) is 0.375. The van der Waals surface area contributed by atoms with Crippen LogP contribution in [0.4, 0.5) is 0 Å². The van der Waals surface area contributed by atoms with E-state index in [9.17, 15) is 4.79 Å². The van der Waals surface area contributed by atoms with Crippen LogP contribution in [0, 0.1) is 50.7 Å². The van der Waals surface area contributed by atoms with Gasteiger partial charge >= 0.3 is 0 Å². The lowest BCUT2D eigenvalue weighted by atomic mass is 9.42. The zero-order chi connectivity index (χ0) is 24.0. The Morgan fingerprint density at radius 1 is 0.818 bits per heavy atom. The average molecular weight is 455 g/mol. The zero-order valence-corrected chi connectivity index (χ0v) is 22.9. The van der Waals surface area contributed by atoms with Crippen molar-refractivity contribution in [1.82, 2.24) is 0 Å². The summed E-state index contributed by atoms with van der Waals surface area (Å²) in [5.41, 5.74) is 2.99. The summed E-state index contributed by atoms with van der Waals surface area (Å²) in [7, 11) is 1.92. The molecule has 0 aliphatic heterocycles. The van der Waals surface area contributed by atoms with Crippen LogP contribution in [0.15, 0.2) is 11.6 Å². The molecule has 5 aliphatic carbocycles. The third-order valence-corrected chi connectivity index (χ3v) is 12.9. The fraction of sp³-hybridized carbons (Fsp3) is 0.903. The topological polar surface area (TPSA) is 26.3 Å². The van der Waals surface area contributed by atoms with E-state index in [1.807, 2.05) is 7.11 Å². The van der Waals surface area contributed by atoms with Crippen molar-refractivity contribution in [3.05, 3.63) is 11.6 Å². The maximum absolute atomic E-state index is 12.9. The molecule has 33 heavy (non-hydrogen) atoms. The first-order chi connectivity index (χ1) is 15.3. The molecule has 0 aromatic heterocycles. The van der Waals surface area contributed by atoms with Crippen molar-refractivity contribution in [2.24, 2.45) is 50.7 Å². The molecule has 0 unspecified atom stereocenters. The second-order valence-electron chi connectivity index (χ2n) is 14.9. The summed E-state index contributed by atoms with van der Waals surface area (Å²) in [6.45, 7) is 17.4. The summed E-state index contributed by atoms with van der Waals surface area (Å²) in [5.74, 6) is 3.26. The molecule has 0 heterocycles. The van der Waals surface area contributed by atoms with Gasteiger partial charge in [0, 0.05) is 18.9 Å². The Bertz CT molecular complexity index is 851. The Labute approximate surface area is 203 Å². The molecule has 0 N–H and O–H groups in total. The summed E-state index contributed by atoms with van der Waals surface area (Å²) in [4.78, 5) is 12.9. The maximum Gasteiger partial charge on any atom is 0.138 e. The molecule has 2 heteroatoms. The minimum atomic E-state index is -0.147. The van der Waals surface area contributed by atoms with Crippen molar-refractivity contribution < 1.29 is 9.53 Å². The number of hydrogen-bond acceptors (Lipinski definition) is 2. The molecule has 0 aromatic carbocycles. The van der Waals surface area contributed by atoms with Crippen LogP contribution < -0.4 is 0 Å². The zero-order valence-electron chi connectivity index (χ0n) is 22.9. The van der Waals surface area contributed by atoms with Gasteiger partial charge in [-0.3, -0.25) is 4.79 Å². The number of ether oxygens (including phenoxy) is 1. The molecule has 0 radical (unpaired) electrons. The highest BCUT2D eigenvalue weighted by molar-refractivity contribution is 5.85. The number of allylic oxidation sites excluding steroid dienone is 2. The molecule has 186 valence electrons. The lowest BCUT2D eigenvalue weighted by Crippen LogP contribution is -2.57. The number of Topliss-reactive ketones (excluding diaryl/α,β-unsaturated/α-hetero) is 1. The highest BCUT2D eigenvalue weighted by Crippen LogP contribution is 2.70. The number of carbonyl (C=O) groups excluding carboxylic acids is 1. The number of ketones is 1. The number of rotatable bonds is 1. The Hall–Kier alpha value is -0.630. The molecule has 5 aliphatic rings. The summed E-state index contributed by atoms with van der Waals surface area (Å²) in [6, 6.07) is 0. The Kier molecular flexibility index (Phi) is 5.43. The van der Waals surface area contributed by atoms with Crippen LogP contribution in [0.25, 0.3) is 0 Å². The van der Waals surface area contributed by atoms with E-state index in [2.05, 4.69) is 54.5 Å². The van der Waals surface area contributed by atoms with Gasteiger partial charge in [0.1, 0.15) is 5.78 Å². The van der Waals surface area contributed by atoms with Crippen LogP contribution >= 0.6 is 0 Å². The molecule has 0 amide bonds. The maximum atomic E-state index is 12.9. The standard InChI is InChI=1S/C31H50O2/c1-27(2)23-13-16-29(5)19-20-9-11-22-28(3,4)26(33-8)15-18-30(22,6)21(20)10-12-24(29)31(23,7)17-14-25(27)32/h9,21-24,26H,10-19H2,1-8H3/t21-,22-,23-,24-,26+,29-,30+,31-/m0/s1. The second-order valence-corrected chi connectivity index (χ2v) is 14.9. The van der Waals surface area contributed by atoms with Gasteiger partial charge in [0.25, 0.3) is 0 Å². The van der Waals surface area contributed by atoms with Crippen molar-refractivity contribution in [3.63, 3.8) is 0 Å². The van der Waals surface area contributed by atoms with Crippen LogP contribution in [-0.4, -0.2) is 19.0 Å². The van der Waals surface area contributed by atoms with Gasteiger partial charge < -0.3 is 4.74 Å². The molecule has 2 nitrogen and oxygen atoms in total. The van der Waals surface area contributed by atoms with Crippen LogP contribution in [-0.2, 0) is 9.53 Å². The molecule has 0 saturated heterocycles. The summed E-state index contributed by atoms with van der Waals surface area (Å²) < 4.78 is 6.01. The number of fused-ring (bicyclic) bond motifs is 6. The van der Waals surface area contributed by atoms with E-state index in [0.29, 0.717) is 40.0 Å². The van der Waals surface area contributed by atoms with E-state index < -0.39 is 0 Å². The summed E-state index contributed by atoms with van der Waals surface area (Å²) in [5, 5.41) is 0. The van der Waals surface area contributed by atoms with Gasteiger partial charge in [0.05, 0.1) is 6.10 Å². The monoisotopic (exact) mass is 454 g/mol. The van der Waals surface area contributed by atoms with E-state index in [1.165, 1.54) is 51.4 Å². The Balaban J connectivity index is 1.50. The van der Waals surface area contributed by atoms with Gasteiger partial charge in [0.2, 0.25) is 0 Å². The molecule has 0 bridgehead atoms. The third-order valence-electron chi connectivity index (χ3n) is 12.9. The summed E-state index contributed by atoms with van der Waals surface area (Å²) >= 11 is 0. The smallest absolute Gasteiger partial charge is 0.138 e. The van der Waals surface area contributed by atoms with Crippen LogP contribution in [0.2, 0.25) is 0 Å². The molecular formula is C31H50O2.